The van der Waals surface area contributed by atoms with Crippen LogP contribution in [0.4, 0.5) is 5.69 Å². The highest BCUT2D eigenvalue weighted by molar-refractivity contribution is 7.92. The van der Waals surface area contributed by atoms with E-state index in [0.29, 0.717) is 50.0 Å². The number of amides is 1. The first kappa shape index (κ1) is 18.7. The van der Waals surface area contributed by atoms with Gasteiger partial charge in [-0.1, -0.05) is 19.1 Å². The highest BCUT2D eigenvalue weighted by atomic mass is 32.2. The van der Waals surface area contributed by atoms with Gasteiger partial charge in [-0.15, -0.1) is 0 Å². The van der Waals surface area contributed by atoms with Crippen molar-refractivity contribution in [3.8, 4) is 0 Å². The second-order valence-corrected chi connectivity index (χ2v) is 9.06. The van der Waals surface area contributed by atoms with E-state index >= 15 is 0 Å². The molecule has 2 fully saturated rings. The third kappa shape index (κ3) is 3.70. The number of hydrogen-bond donors (Lipinski definition) is 2. The van der Waals surface area contributed by atoms with Crippen molar-refractivity contribution in [2.75, 3.05) is 23.6 Å². The zero-order valence-corrected chi connectivity index (χ0v) is 15.6. The van der Waals surface area contributed by atoms with Gasteiger partial charge in [0.2, 0.25) is 10.0 Å². The monoisotopic (exact) mass is 380 g/mol. The standard InChI is InChI=1S/C18H24N2O5S/c1-2-11-26(24,25)19-15-6-4-3-5-13(15)16(21)20-9-7-18(8-10-20)12-14(18)17(22)23/h3-6,14,19H,2,7-12H2,1H3,(H,22,23). The Hall–Kier alpha value is -2.09. The molecule has 2 aliphatic rings. The van der Waals surface area contributed by atoms with Gasteiger partial charge in [0.1, 0.15) is 0 Å². The maximum atomic E-state index is 12.9. The molecule has 142 valence electrons. The van der Waals surface area contributed by atoms with Crippen molar-refractivity contribution in [2.24, 2.45) is 11.3 Å². The maximum Gasteiger partial charge on any atom is 0.307 e. The van der Waals surface area contributed by atoms with Crippen molar-refractivity contribution >= 4 is 27.6 Å². The quantitative estimate of drug-likeness (QED) is 0.787. The second kappa shape index (κ2) is 6.90. The van der Waals surface area contributed by atoms with E-state index in [2.05, 4.69) is 4.72 Å². The summed E-state index contributed by atoms with van der Waals surface area (Å²) in [4.78, 5) is 25.7. The number of aliphatic carboxylic acids is 1. The fraction of sp³-hybridized carbons (Fsp3) is 0.556. The predicted octanol–water partition coefficient (Wildman–Crippen LogP) is 2.17. The molecule has 8 heteroatoms. The van der Waals surface area contributed by atoms with E-state index in [0.717, 1.165) is 0 Å². The van der Waals surface area contributed by atoms with Gasteiger partial charge < -0.3 is 10.0 Å². The fourth-order valence-corrected chi connectivity index (χ4v) is 4.97. The minimum atomic E-state index is -3.48. The number of para-hydroxylation sites is 1. The molecule has 1 saturated carbocycles. The Morgan fingerprint density at radius 1 is 1.27 bits per heavy atom. The molecule has 0 bridgehead atoms. The van der Waals surface area contributed by atoms with Gasteiger partial charge in [-0.3, -0.25) is 14.3 Å². The summed E-state index contributed by atoms with van der Waals surface area (Å²) in [5.41, 5.74) is 0.472. The van der Waals surface area contributed by atoms with E-state index in [9.17, 15) is 18.0 Å². The third-order valence-corrected chi connectivity index (χ3v) is 6.91. The minimum Gasteiger partial charge on any atom is -0.481 e. The van der Waals surface area contributed by atoms with Crippen LogP contribution in [-0.4, -0.2) is 49.1 Å². The van der Waals surface area contributed by atoms with E-state index < -0.39 is 16.0 Å². The molecule has 1 unspecified atom stereocenters. The first-order chi connectivity index (χ1) is 12.3. The normalized spacial score (nSPS) is 21.4. The number of nitrogens with zero attached hydrogens (tertiary/aromatic N) is 1. The van der Waals surface area contributed by atoms with Crippen LogP contribution in [0.5, 0.6) is 0 Å². The fourth-order valence-electron chi connectivity index (χ4n) is 3.82. The number of benzene rings is 1. The lowest BCUT2D eigenvalue weighted by molar-refractivity contribution is -0.139. The van der Waals surface area contributed by atoms with Gasteiger partial charge in [0.15, 0.2) is 0 Å². The molecule has 7 nitrogen and oxygen atoms in total. The van der Waals surface area contributed by atoms with Gasteiger partial charge in [0, 0.05) is 13.1 Å². The van der Waals surface area contributed by atoms with Gasteiger partial charge in [0.05, 0.1) is 22.9 Å². The molecule has 1 aromatic carbocycles. The third-order valence-electron chi connectivity index (χ3n) is 5.43. The summed E-state index contributed by atoms with van der Waals surface area (Å²) in [6, 6.07) is 6.60. The number of piperidine rings is 1. The Morgan fingerprint density at radius 3 is 2.50 bits per heavy atom. The van der Waals surface area contributed by atoms with Crippen LogP contribution < -0.4 is 4.72 Å². The number of carboxylic acids is 1. The number of carboxylic acid groups (broad SMARTS) is 1. The molecule has 1 aromatic rings. The van der Waals surface area contributed by atoms with Crippen molar-refractivity contribution in [2.45, 2.75) is 32.6 Å². The molecule has 1 spiro atoms. The second-order valence-electron chi connectivity index (χ2n) is 7.22. The lowest BCUT2D eigenvalue weighted by Crippen LogP contribution is -2.40. The molecule has 1 aliphatic heterocycles. The van der Waals surface area contributed by atoms with Crippen molar-refractivity contribution in [3.63, 3.8) is 0 Å². The topological polar surface area (TPSA) is 104 Å². The molecule has 1 saturated heterocycles. The first-order valence-electron chi connectivity index (χ1n) is 8.89. The van der Waals surface area contributed by atoms with E-state index in [1.54, 1.807) is 36.1 Å². The van der Waals surface area contributed by atoms with E-state index in [1.165, 1.54) is 0 Å². The van der Waals surface area contributed by atoms with Crippen molar-refractivity contribution in [1.82, 2.24) is 4.90 Å². The zero-order chi connectivity index (χ0) is 18.9. The summed E-state index contributed by atoms with van der Waals surface area (Å²) in [5.74, 6) is -1.26. The van der Waals surface area contributed by atoms with Crippen LogP contribution in [0.25, 0.3) is 0 Å². The summed E-state index contributed by atoms with van der Waals surface area (Å²) in [7, 11) is -3.48. The molecular weight excluding hydrogens is 356 g/mol. The average molecular weight is 380 g/mol. The summed E-state index contributed by atoms with van der Waals surface area (Å²) in [5, 5.41) is 9.17. The highest BCUT2D eigenvalue weighted by Crippen LogP contribution is 2.59. The molecule has 2 N–H and O–H groups in total. The van der Waals surface area contributed by atoms with Gasteiger partial charge in [-0.25, -0.2) is 8.42 Å². The first-order valence-corrected chi connectivity index (χ1v) is 10.5. The van der Waals surface area contributed by atoms with E-state index in [4.69, 9.17) is 5.11 Å². The van der Waals surface area contributed by atoms with Crippen LogP contribution in [0, 0.1) is 11.3 Å². The number of carbonyl (C=O) groups is 2. The molecule has 0 aromatic heterocycles. The van der Waals surface area contributed by atoms with Crippen LogP contribution in [-0.2, 0) is 14.8 Å². The number of anilines is 1. The Morgan fingerprint density at radius 2 is 1.92 bits per heavy atom. The van der Waals surface area contributed by atoms with Crippen molar-refractivity contribution < 1.29 is 23.1 Å². The molecular formula is C18H24N2O5S. The smallest absolute Gasteiger partial charge is 0.307 e. The lowest BCUT2D eigenvalue weighted by Gasteiger charge is -2.33. The van der Waals surface area contributed by atoms with Crippen LogP contribution in [0.1, 0.15) is 43.0 Å². The van der Waals surface area contributed by atoms with Gasteiger partial charge in [0.25, 0.3) is 5.91 Å². The van der Waals surface area contributed by atoms with E-state index in [1.807, 2.05) is 0 Å². The van der Waals surface area contributed by atoms with Crippen LogP contribution >= 0.6 is 0 Å². The number of rotatable bonds is 6. The Labute approximate surface area is 153 Å². The summed E-state index contributed by atoms with van der Waals surface area (Å²) in [6.07, 6.45) is 2.54. The number of likely N-dealkylation sites (tertiary alicyclic amines) is 1. The minimum absolute atomic E-state index is 0.00165. The number of sulfonamides is 1. The van der Waals surface area contributed by atoms with Crippen LogP contribution in [0.3, 0.4) is 0 Å². The summed E-state index contributed by atoms with van der Waals surface area (Å²) >= 11 is 0. The Bertz CT molecular complexity index is 813. The number of carbonyl (C=O) groups excluding carboxylic acids is 1. The molecule has 26 heavy (non-hydrogen) atoms. The van der Waals surface area contributed by atoms with Crippen molar-refractivity contribution in [3.05, 3.63) is 29.8 Å². The van der Waals surface area contributed by atoms with Crippen LogP contribution in [0.15, 0.2) is 24.3 Å². The maximum absolute atomic E-state index is 12.9. The highest BCUT2D eigenvalue weighted by Gasteiger charge is 2.59. The average Bonchev–Trinajstić information content (AvgIpc) is 3.29. The van der Waals surface area contributed by atoms with Gasteiger partial charge >= 0.3 is 5.97 Å². The molecule has 1 heterocycles. The summed E-state index contributed by atoms with van der Waals surface area (Å²) < 4.78 is 26.6. The SMILES string of the molecule is CCCS(=O)(=O)Nc1ccccc1C(=O)N1CCC2(CC1)CC2C(=O)O. The zero-order valence-electron chi connectivity index (χ0n) is 14.8. The largest absolute Gasteiger partial charge is 0.481 e. The van der Waals surface area contributed by atoms with Crippen LogP contribution in [0.2, 0.25) is 0 Å². The molecule has 1 amide bonds. The molecule has 3 rings (SSSR count). The van der Waals surface area contributed by atoms with Crippen molar-refractivity contribution in [1.29, 1.82) is 0 Å². The number of hydrogen-bond acceptors (Lipinski definition) is 4. The molecule has 0 radical (unpaired) electrons. The van der Waals surface area contributed by atoms with Gasteiger partial charge in [-0.05, 0) is 43.2 Å². The number of nitrogens with one attached hydrogen (secondary N) is 1. The predicted molar refractivity (Wildman–Crippen MR) is 97.5 cm³/mol. The lowest BCUT2D eigenvalue weighted by atomic mass is 9.90. The van der Waals surface area contributed by atoms with E-state index in [-0.39, 0.29) is 23.0 Å². The Kier molecular flexibility index (Phi) is 4.96. The summed E-state index contributed by atoms with van der Waals surface area (Å²) in [6.45, 7) is 2.78. The van der Waals surface area contributed by atoms with Gasteiger partial charge in [-0.2, -0.15) is 0 Å². The Balaban J connectivity index is 1.71. The molecule has 1 atom stereocenters. The molecule has 1 aliphatic carbocycles.